The molecule has 2 unspecified atom stereocenters. The molecule has 2 fully saturated rings. The first kappa shape index (κ1) is 18.6. The summed E-state index contributed by atoms with van der Waals surface area (Å²) in [6.07, 6.45) is 1.86. The summed E-state index contributed by atoms with van der Waals surface area (Å²) in [5.74, 6) is -2.37. The van der Waals surface area contributed by atoms with E-state index in [0.717, 1.165) is 36.1 Å². The second-order valence-electron chi connectivity index (χ2n) is 7.55. The van der Waals surface area contributed by atoms with E-state index < -0.39 is 17.6 Å². The average Bonchev–Trinajstić information content (AvgIpc) is 3.29. The highest BCUT2D eigenvalue weighted by Crippen LogP contribution is 2.37. The third-order valence-electron chi connectivity index (χ3n) is 5.76. The van der Waals surface area contributed by atoms with Crippen LogP contribution in [-0.4, -0.2) is 29.8 Å². The van der Waals surface area contributed by atoms with Gasteiger partial charge < -0.3 is 9.80 Å². The lowest BCUT2D eigenvalue weighted by atomic mass is 9.98. The maximum absolute atomic E-state index is 14.1. The summed E-state index contributed by atoms with van der Waals surface area (Å²) in [6, 6.07) is 11.2. The van der Waals surface area contributed by atoms with E-state index in [9.17, 15) is 18.4 Å². The van der Waals surface area contributed by atoms with Crippen molar-refractivity contribution in [2.24, 2.45) is 5.92 Å². The molecule has 0 saturated carbocycles. The molecule has 28 heavy (non-hydrogen) atoms. The maximum atomic E-state index is 14.1. The Kier molecular flexibility index (Phi) is 4.87. The summed E-state index contributed by atoms with van der Waals surface area (Å²) < 4.78 is 27.3. The number of hydrogen-bond donors (Lipinski definition) is 0. The van der Waals surface area contributed by atoms with Gasteiger partial charge in [0.15, 0.2) is 0 Å². The van der Waals surface area contributed by atoms with Crippen molar-refractivity contribution >= 4 is 17.5 Å². The topological polar surface area (TPSA) is 40.6 Å². The zero-order valence-electron chi connectivity index (χ0n) is 15.7. The van der Waals surface area contributed by atoms with Gasteiger partial charge in [-0.15, -0.1) is 0 Å². The third-order valence-corrected chi connectivity index (χ3v) is 5.76. The molecule has 2 aliphatic heterocycles. The molecule has 0 aliphatic carbocycles. The fraction of sp³-hybridized carbons (Fsp3) is 0.364. The van der Waals surface area contributed by atoms with Crippen molar-refractivity contribution in [1.29, 1.82) is 0 Å². The van der Waals surface area contributed by atoms with Crippen LogP contribution in [0.25, 0.3) is 0 Å². The Bertz CT molecular complexity index is 931. The van der Waals surface area contributed by atoms with Crippen molar-refractivity contribution < 1.29 is 18.4 Å². The van der Waals surface area contributed by atoms with E-state index in [0.29, 0.717) is 6.54 Å². The van der Waals surface area contributed by atoms with E-state index in [-0.39, 0.29) is 36.5 Å². The number of carbonyl (C=O) groups excluding carboxylic acids is 2. The molecule has 2 aliphatic rings. The molecular weight excluding hydrogens is 362 g/mol. The van der Waals surface area contributed by atoms with Gasteiger partial charge in [-0.05, 0) is 43.0 Å². The summed E-state index contributed by atoms with van der Waals surface area (Å²) >= 11 is 0. The Balaban J connectivity index is 1.54. The number of halogens is 2. The first-order chi connectivity index (χ1) is 13.5. The third kappa shape index (κ3) is 3.28. The van der Waals surface area contributed by atoms with Crippen LogP contribution in [0.1, 0.15) is 36.4 Å². The summed E-state index contributed by atoms with van der Waals surface area (Å²) in [4.78, 5) is 28.8. The van der Waals surface area contributed by atoms with Gasteiger partial charge in [0.05, 0.1) is 17.6 Å². The van der Waals surface area contributed by atoms with Gasteiger partial charge >= 0.3 is 0 Å². The molecule has 2 amide bonds. The Labute approximate surface area is 162 Å². The van der Waals surface area contributed by atoms with Gasteiger partial charge in [0, 0.05) is 25.6 Å². The first-order valence-electron chi connectivity index (χ1n) is 9.57. The van der Waals surface area contributed by atoms with Crippen LogP contribution in [0, 0.1) is 24.5 Å². The number of rotatable bonds is 3. The number of aryl methyl sites for hydroxylation is 1. The number of anilines is 1. The molecule has 6 heteroatoms. The molecule has 0 aromatic heterocycles. The predicted octanol–water partition coefficient (Wildman–Crippen LogP) is 3.99. The second kappa shape index (κ2) is 7.34. The van der Waals surface area contributed by atoms with Gasteiger partial charge in [-0.25, -0.2) is 8.78 Å². The van der Waals surface area contributed by atoms with Crippen molar-refractivity contribution in [1.82, 2.24) is 4.90 Å². The Morgan fingerprint density at radius 3 is 2.68 bits per heavy atom. The van der Waals surface area contributed by atoms with Crippen LogP contribution in [0.4, 0.5) is 14.5 Å². The number of amides is 2. The average molecular weight is 384 g/mol. The van der Waals surface area contributed by atoms with Crippen molar-refractivity contribution in [3.8, 4) is 0 Å². The summed E-state index contributed by atoms with van der Waals surface area (Å²) in [5, 5.41) is 0. The number of hydrogen-bond acceptors (Lipinski definition) is 2. The van der Waals surface area contributed by atoms with Crippen molar-refractivity contribution in [3.63, 3.8) is 0 Å². The largest absolute Gasteiger partial charge is 0.335 e. The summed E-state index contributed by atoms with van der Waals surface area (Å²) in [6.45, 7) is 2.82. The van der Waals surface area contributed by atoms with Crippen molar-refractivity contribution in [2.45, 2.75) is 32.2 Å². The molecule has 4 nitrogen and oxygen atoms in total. The lowest BCUT2D eigenvalue weighted by molar-refractivity contribution is -0.136. The van der Waals surface area contributed by atoms with Crippen LogP contribution in [0.15, 0.2) is 42.5 Å². The van der Waals surface area contributed by atoms with Gasteiger partial charge in [0.1, 0.15) is 11.6 Å². The van der Waals surface area contributed by atoms with Gasteiger partial charge in [-0.2, -0.15) is 0 Å². The molecule has 146 valence electrons. The minimum Gasteiger partial charge on any atom is -0.335 e. The fourth-order valence-corrected chi connectivity index (χ4v) is 4.36. The van der Waals surface area contributed by atoms with Gasteiger partial charge in [-0.3, -0.25) is 9.59 Å². The highest BCUT2D eigenvalue weighted by atomic mass is 19.1. The monoisotopic (exact) mass is 384 g/mol. The van der Waals surface area contributed by atoms with Crippen molar-refractivity contribution in [2.75, 3.05) is 18.0 Å². The SMILES string of the molecule is Cc1ccccc1C1CCCN1C(=O)C1CC(=O)N(c2ccc(F)cc2F)C1. The molecule has 2 aromatic carbocycles. The zero-order valence-corrected chi connectivity index (χ0v) is 15.7. The van der Waals surface area contributed by atoms with E-state index in [4.69, 9.17) is 0 Å². The first-order valence-corrected chi connectivity index (χ1v) is 9.57. The molecule has 0 spiro atoms. The molecule has 2 heterocycles. The van der Waals surface area contributed by atoms with Gasteiger partial charge in [0.2, 0.25) is 11.8 Å². The molecular formula is C22H22F2N2O2. The Hall–Kier alpha value is -2.76. The Morgan fingerprint density at radius 2 is 1.93 bits per heavy atom. The molecule has 2 saturated heterocycles. The standard InChI is InChI=1S/C22H22F2N2O2/c1-14-5-2-3-6-17(14)19-7-4-10-25(19)22(28)15-11-21(27)26(13-15)20-9-8-16(23)12-18(20)24/h2-3,5-6,8-9,12,15,19H,4,7,10-11,13H2,1H3. The van der Waals surface area contributed by atoms with E-state index in [1.807, 2.05) is 36.1 Å². The molecule has 0 radical (unpaired) electrons. The van der Waals surface area contributed by atoms with Crippen molar-refractivity contribution in [3.05, 3.63) is 65.2 Å². The number of nitrogens with zero attached hydrogens (tertiary/aromatic N) is 2. The van der Waals surface area contributed by atoms with E-state index >= 15 is 0 Å². The van der Waals surface area contributed by atoms with E-state index in [1.165, 1.54) is 11.0 Å². The smallest absolute Gasteiger partial charge is 0.228 e. The predicted molar refractivity (Wildman–Crippen MR) is 102 cm³/mol. The van der Waals surface area contributed by atoms with Crippen LogP contribution in [0.2, 0.25) is 0 Å². The van der Waals surface area contributed by atoms with E-state index in [1.54, 1.807) is 0 Å². The minimum atomic E-state index is -0.791. The second-order valence-corrected chi connectivity index (χ2v) is 7.55. The zero-order chi connectivity index (χ0) is 19.8. The maximum Gasteiger partial charge on any atom is 0.228 e. The quantitative estimate of drug-likeness (QED) is 0.803. The molecule has 2 atom stereocenters. The van der Waals surface area contributed by atoms with Crippen LogP contribution in [-0.2, 0) is 9.59 Å². The highest BCUT2D eigenvalue weighted by molar-refractivity contribution is 6.00. The normalized spacial score (nSPS) is 22.2. The molecule has 2 aromatic rings. The van der Waals surface area contributed by atoms with Crippen LogP contribution in [0.3, 0.4) is 0 Å². The molecule has 4 rings (SSSR count). The van der Waals surface area contributed by atoms with Gasteiger partial charge in [0.25, 0.3) is 0 Å². The summed E-state index contributed by atoms with van der Waals surface area (Å²) in [7, 11) is 0. The number of likely N-dealkylation sites (tertiary alicyclic amines) is 1. The summed E-state index contributed by atoms with van der Waals surface area (Å²) in [5.41, 5.74) is 2.31. The highest BCUT2D eigenvalue weighted by Gasteiger charge is 2.41. The number of carbonyl (C=O) groups is 2. The minimum absolute atomic E-state index is 0.0143. The fourth-order valence-electron chi connectivity index (χ4n) is 4.36. The lowest BCUT2D eigenvalue weighted by Gasteiger charge is -2.28. The van der Waals surface area contributed by atoms with Crippen LogP contribution in [0.5, 0.6) is 0 Å². The van der Waals surface area contributed by atoms with E-state index in [2.05, 4.69) is 0 Å². The van der Waals surface area contributed by atoms with Crippen LogP contribution < -0.4 is 4.90 Å². The lowest BCUT2D eigenvalue weighted by Crippen LogP contribution is -2.37. The van der Waals surface area contributed by atoms with Crippen LogP contribution >= 0.6 is 0 Å². The molecule has 0 bridgehead atoms. The van der Waals surface area contributed by atoms with Gasteiger partial charge in [-0.1, -0.05) is 24.3 Å². The molecule has 0 N–H and O–H groups in total. The number of benzene rings is 2. The Morgan fingerprint density at radius 1 is 1.14 bits per heavy atom.